The van der Waals surface area contributed by atoms with Crippen molar-refractivity contribution in [3.05, 3.63) is 56.2 Å². The Kier molecular flexibility index (Phi) is 4.44. The van der Waals surface area contributed by atoms with Crippen molar-refractivity contribution < 1.29 is 0 Å². The molecule has 18 heavy (non-hydrogen) atoms. The topological polar surface area (TPSA) is 12.0 Å². The second kappa shape index (κ2) is 5.87. The van der Waals surface area contributed by atoms with Gasteiger partial charge in [0.2, 0.25) is 0 Å². The fourth-order valence-corrected chi connectivity index (χ4v) is 3.33. The summed E-state index contributed by atoms with van der Waals surface area (Å²) < 4.78 is 0. The first-order valence-corrected chi connectivity index (χ1v) is 7.28. The van der Waals surface area contributed by atoms with E-state index in [9.17, 15) is 0 Å². The molecule has 1 atom stereocenters. The smallest absolute Gasteiger partial charge is 0.0406 e. The van der Waals surface area contributed by atoms with Gasteiger partial charge in [0.05, 0.1) is 0 Å². The summed E-state index contributed by atoms with van der Waals surface area (Å²) >= 11 is 7.78. The number of hydrogen-bond donors (Lipinski definition) is 1. The SMILES string of the molecule is CNC(Cc1ccc(Cl)cc1)c1cc(C)sc1C. The van der Waals surface area contributed by atoms with Gasteiger partial charge in [-0.25, -0.2) is 0 Å². The van der Waals surface area contributed by atoms with Gasteiger partial charge in [-0.15, -0.1) is 11.3 Å². The second-order valence-corrected chi connectivity index (χ2v) is 6.44. The molecule has 2 rings (SSSR count). The van der Waals surface area contributed by atoms with E-state index in [4.69, 9.17) is 11.6 Å². The number of nitrogens with one attached hydrogen (secondary N) is 1. The number of hydrogen-bond acceptors (Lipinski definition) is 2. The third kappa shape index (κ3) is 3.14. The van der Waals surface area contributed by atoms with Gasteiger partial charge in [0.1, 0.15) is 0 Å². The van der Waals surface area contributed by atoms with Crippen molar-refractivity contribution in [1.29, 1.82) is 0 Å². The molecule has 96 valence electrons. The molecule has 0 fully saturated rings. The molecule has 1 N–H and O–H groups in total. The van der Waals surface area contributed by atoms with Crippen LogP contribution in [0.15, 0.2) is 30.3 Å². The minimum Gasteiger partial charge on any atom is -0.313 e. The Hall–Kier alpha value is -0.830. The van der Waals surface area contributed by atoms with Crippen LogP contribution in [0, 0.1) is 13.8 Å². The minimum absolute atomic E-state index is 0.371. The molecule has 1 unspecified atom stereocenters. The molecule has 3 heteroatoms. The maximum absolute atomic E-state index is 5.91. The molecule has 1 nitrogen and oxygen atoms in total. The normalized spacial score (nSPS) is 12.7. The van der Waals surface area contributed by atoms with Gasteiger partial charge in [-0.3, -0.25) is 0 Å². The maximum atomic E-state index is 5.91. The molecule has 0 saturated carbocycles. The Bertz CT molecular complexity index is 516. The molecular formula is C15H18ClNS. The average Bonchev–Trinajstić information content (AvgIpc) is 2.68. The molecule has 0 saturated heterocycles. The summed E-state index contributed by atoms with van der Waals surface area (Å²) in [7, 11) is 2.02. The Balaban J connectivity index is 2.19. The highest BCUT2D eigenvalue weighted by Crippen LogP contribution is 2.28. The molecule has 2 aromatic rings. The zero-order chi connectivity index (χ0) is 13.1. The van der Waals surface area contributed by atoms with Crippen molar-refractivity contribution in [2.24, 2.45) is 0 Å². The molecule has 0 aliphatic carbocycles. The number of likely N-dealkylation sites (N-methyl/N-ethyl adjacent to an activating group) is 1. The Morgan fingerprint density at radius 3 is 2.39 bits per heavy atom. The summed E-state index contributed by atoms with van der Waals surface area (Å²) in [5.41, 5.74) is 2.72. The van der Waals surface area contributed by atoms with Crippen LogP contribution < -0.4 is 5.32 Å². The van der Waals surface area contributed by atoms with Crippen LogP contribution in [-0.4, -0.2) is 7.05 Å². The predicted molar refractivity (Wildman–Crippen MR) is 80.7 cm³/mol. The van der Waals surface area contributed by atoms with Gasteiger partial charge in [-0.2, -0.15) is 0 Å². The average molecular weight is 280 g/mol. The lowest BCUT2D eigenvalue weighted by Crippen LogP contribution is -2.18. The zero-order valence-electron chi connectivity index (χ0n) is 11.0. The van der Waals surface area contributed by atoms with E-state index in [0.717, 1.165) is 11.4 Å². The summed E-state index contributed by atoms with van der Waals surface area (Å²) in [6.07, 6.45) is 0.991. The van der Waals surface area contributed by atoms with Gasteiger partial charge in [-0.05, 0) is 56.6 Å². The second-order valence-electron chi connectivity index (χ2n) is 4.54. The van der Waals surface area contributed by atoms with Gasteiger partial charge in [0, 0.05) is 20.8 Å². The summed E-state index contributed by atoms with van der Waals surface area (Å²) in [4.78, 5) is 2.78. The molecule has 0 amide bonds. The van der Waals surface area contributed by atoms with Crippen LogP contribution in [0.1, 0.15) is 26.9 Å². The monoisotopic (exact) mass is 279 g/mol. The number of thiophene rings is 1. The van der Waals surface area contributed by atoms with Gasteiger partial charge in [0.25, 0.3) is 0 Å². The lowest BCUT2D eigenvalue weighted by molar-refractivity contribution is 0.591. The van der Waals surface area contributed by atoms with Crippen LogP contribution in [0.5, 0.6) is 0 Å². The van der Waals surface area contributed by atoms with E-state index in [1.807, 2.05) is 30.5 Å². The van der Waals surface area contributed by atoms with Crippen molar-refractivity contribution in [2.75, 3.05) is 7.05 Å². The van der Waals surface area contributed by atoms with Crippen molar-refractivity contribution in [1.82, 2.24) is 5.32 Å². The molecule has 1 heterocycles. The van der Waals surface area contributed by atoms with E-state index in [1.165, 1.54) is 20.9 Å². The van der Waals surface area contributed by atoms with E-state index in [2.05, 4.69) is 37.4 Å². The Labute approximate surface area is 118 Å². The number of benzene rings is 1. The highest BCUT2D eigenvalue weighted by molar-refractivity contribution is 7.12. The fraction of sp³-hybridized carbons (Fsp3) is 0.333. The lowest BCUT2D eigenvalue weighted by atomic mass is 9.99. The first kappa shape index (κ1) is 13.6. The Morgan fingerprint density at radius 1 is 1.22 bits per heavy atom. The summed E-state index contributed by atoms with van der Waals surface area (Å²) in [5, 5.41) is 4.20. The van der Waals surface area contributed by atoms with Crippen LogP contribution in [0.4, 0.5) is 0 Å². The third-order valence-electron chi connectivity index (χ3n) is 3.16. The molecule has 0 spiro atoms. The fourth-order valence-electron chi connectivity index (χ4n) is 2.22. The summed E-state index contributed by atoms with van der Waals surface area (Å²) in [5.74, 6) is 0. The van der Waals surface area contributed by atoms with E-state index >= 15 is 0 Å². The maximum Gasteiger partial charge on any atom is 0.0406 e. The minimum atomic E-state index is 0.371. The molecule has 0 bridgehead atoms. The molecule has 1 aromatic carbocycles. The van der Waals surface area contributed by atoms with Gasteiger partial charge in [0.15, 0.2) is 0 Å². The van der Waals surface area contributed by atoms with Crippen LogP contribution in [0.25, 0.3) is 0 Å². The Morgan fingerprint density at radius 2 is 1.89 bits per heavy atom. The van der Waals surface area contributed by atoms with Gasteiger partial charge in [-0.1, -0.05) is 23.7 Å². The highest BCUT2D eigenvalue weighted by atomic mass is 35.5. The molecule has 0 aliphatic rings. The van der Waals surface area contributed by atoms with Crippen LogP contribution >= 0.6 is 22.9 Å². The van der Waals surface area contributed by atoms with E-state index < -0.39 is 0 Å². The molecule has 0 radical (unpaired) electrons. The zero-order valence-corrected chi connectivity index (χ0v) is 12.5. The number of aryl methyl sites for hydroxylation is 2. The number of rotatable bonds is 4. The highest BCUT2D eigenvalue weighted by Gasteiger charge is 2.14. The third-order valence-corrected chi connectivity index (χ3v) is 4.39. The largest absolute Gasteiger partial charge is 0.313 e. The molecular weight excluding hydrogens is 262 g/mol. The van der Waals surface area contributed by atoms with E-state index in [0.29, 0.717) is 6.04 Å². The van der Waals surface area contributed by atoms with Gasteiger partial charge < -0.3 is 5.32 Å². The van der Waals surface area contributed by atoms with Crippen LogP contribution in [-0.2, 0) is 6.42 Å². The summed E-state index contributed by atoms with van der Waals surface area (Å²) in [6.45, 7) is 4.36. The first-order valence-electron chi connectivity index (χ1n) is 6.09. The van der Waals surface area contributed by atoms with Crippen molar-refractivity contribution in [2.45, 2.75) is 26.3 Å². The lowest BCUT2D eigenvalue weighted by Gasteiger charge is -2.16. The number of halogens is 1. The summed E-state index contributed by atoms with van der Waals surface area (Å²) in [6, 6.07) is 10.8. The first-order chi connectivity index (χ1) is 8.60. The van der Waals surface area contributed by atoms with Crippen molar-refractivity contribution in [3.8, 4) is 0 Å². The molecule has 1 aromatic heterocycles. The van der Waals surface area contributed by atoms with E-state index in [1.54, 1.807) is 0 Å². The predicted octanol–water partition coefficient (Wildman–Crippen LogP) is 4.52. The van der Waals surface area contributed by atoms with Crippen LogP contribution in [0.3, 0.4) is 0 Å². The van der Waals surface area contributed by atoms with Crippen molar-refractivity contribution >= 4 is 22.9 Å². The van der Waals surface area contributed by atoms with Crippen LogP contribution in [0.2, 0.25) is 5.02 Å². The molecule has 0 aliphatic heterocycles. The van der Waals surface area contributed by atoms with E-state index in [-0.39, 0.29) is 0 Å². The van der Waals surface area contributed by atoms with Crippen molar-refractivity contribution in [3.63, 3.8) is 0 Å². The van der Waals surface area contributed by atoms with Gasteiger partial charge >= 0.3 is 0 Å². The standard InChI is InChI=1S/C15H18ClNS/c1-10-8-14(11(2)18-10)15(17-3)9-12-4-6-13(16)7-5-12/h4-8,15,17H,9H2,1-3H3. The quantitative estimate of drug-likeness (QED) is 0.868.